The van der Waals surface area contributed by atoms with Crippen LogP contribution in [0.25, 0.3) is 0 Å². The van der Waals surface area contributed by atoms with E-state index in [2.05, 4.69) is 9.88 Å². The highest BCUT2D eigenvalue weighted by atomic mass is 16.5. The topological polar surface area (TPSA) is 62.7 Å². The van der Waals surface area contributed by atoms with Crippen LogP contribution >= 0.6 is 0 Å². The van der Waals surface area contributed by atoms with E-state index in [1.807, 2.05) is 12.1 Å². The smallest absolute Gasteiger partial charge is 0.310 e. The molecule has 0 spiro atoms. The number of carbonyl (C=O) groups is 1. The van der Waals surface area contributed by atoms with Gasteiger partial charge in [0.05, 0.1) is 25.3 Å². The molecule has 0 saturated carbocycles. The zero-order chi connectivity index (χ0) is 13.0. The molecule has 1 aliphatic heterocycles. The lowest BCUT2D eigenvalue weighted by atomic mass is 9.98. The van der Waals surface area contributed by atoms with E-state index in [0.717, 1.165) is 25.2 Å². The summed E-state index contributed by atoms with van der Waals surface area (Å²) in [6.45, 7) is 1.45. The fraction of sp³-hybridized carbons (Fsp3) is 0.538. The molecular formula is C13H18N2O3. The van der Waals surface area contributed by atoms with Crippen LogP contribution in [0.1, 0.15) is 18.5 Å². The number of aliphatic hydroxyl groups excluding tert-OH is 1. The van der Waals surface area contributed by atoms with Crippen molar-refractivity contribution in [2.45, 2.75) is 19.4 Å². The number of aliphatic hydroxyl groups is 1. The number of carbonyl (C=O) groups excluding carboxylic acids is 1. The van der Waals surface area contributed by atoms with Gasteiger partial charge in [-0.25, -0.2) is 4.98 Å². The van der Waals surface area contributed by atoms with Crippen molar-refractivity contribution in [2.24, 2.45) is 5.92 Å². The summed E-state index contributed by atoms with van der Waals surface area (Å²) >= 11 is 0. The van der Waals surface area contributed by atoms with E-state index in [1.165, 1.54) is 7.11 Å². The van der Waals surface area contributed by atoms with Gasteiger partial charge >= 0.3 is 5.97 Å². The number of ether oxygens (including phenoxy) is 1. The standard InChI is InChI=1S/C13H18N2O3/c1-18-13(17)10-4-3-7-15(8-10)12-6-2-5-11(9-16)14-12/h2,5-6,10,16H,3-4,7-9H2,1H3. The number of piperidine rings is 1. The molecule has 1 aromatic heterocycles. The minimum absolute atomic E-state index is 0.0674. The third-order valence-electron chi connectivity index (χ3n) is 3.23. The maximum absolute atomic E-state index is 11.6. The molecule has 1 N–H and O–H groups in total. The summed E-state index contributed by atoms with van der Waals surface area (Å²) in [4.78, 5) is 18.0. The second-order valence-electron chi connectivity index (χ2n) is 4.45. The fourth-order valence-corrected chi connectivity index (χ4v) is 2.28. The van der Waals surface area contributed by atoms with Crippen molar-refractivity contribution in [3.63, 3.8) is 0 Å². The maximum atomic E-state index is 11.6. The van der Waals surface area contributed by atoms with Gasteiger partial charge in [-0.3, -0.25) is 4.79 Å². The van der Waals surface area contributed by atoms with Gasteiger partial charge in [0.2, 0.25) is 0 Å². The molecule has 1 atom stereocenters. The predicted octanol–water partition coefficient (Wildman–Crippen LogP) is 0.963. The zero-order valence-electron chi connectivity index (χ0n) is 10.5. The first-order chi connectivity index (χ1) is 8.74. The fourth-order valence-electron chi connectivity index (χ4n) is 2.28. The van der Waals surface area contributed by atoms with Crippen molar-refractivity contribution >= 4 is 11.8 Å². The van der Waals surface area contributed by atoms with Crippen molar-refractivity contribution in [1.82, 2.24) is 4.98 Å². The van der Waals surface area contributed by atoms with Gasteiger partial charge in [-0.05, 0) is 25.0 Å². The third kappa shape index (κ3) is 2.79. The molecule has 1 aliphatic rings. The number of esters is 1. The second kappa shape index (κ2) is 5.82. The summed E-state index contributed by atoms with van der Waals surface area (Å²) in [6.07, 6.45) is 1.81. The quantitative estimate of drug-likeness (QED) is 0.810. The summed E-state index contributed by atoms with van der Waals surface area (Å²) < 4.78 is 4.79. The van der Waals surface area contributed by atoms with Gasteiger partial charge in [0.25, 0.3) is 0 Å². The molecule has 18 heavy (non-hydrogen) atoms. The zero-order valence-corrected chi connectivity index (χ0v) is 10.5. The number of methoxy groups -OCH3 is 1. The average molecular weight is 250 g/mol. The molecule has 2 heterocycles. The van der Waals surface area contributed by atoms with Crippen molar-refractivity contribution in [3.05, 3.63) is 23.9 Å². The highest BCUT2D eigenvalue weighted by molar-refractivity contribution is 5.73. The minimum atomic E-state index is -0.155. The lowest BCUT2D eigenvalue weighted by Gasteiger charge is -2.32. The van der Waals surface area contributed by atoms with Gasteiger partial charge in [-0.1, -0.05) is 6.07 Å². The Morgan fingerprint density at radius 2 is 2.44 bits per heavy atom. The number of pyridine rings is 1. The molecule has 5 heteroatoms. The highest BCUT2D eigenvalue weighted by Gasteiger charge is 2.27. The molecule has 0 bridgehead atoms. The Kier molecular flexibility index (Phi) is 4.15. The van der Waals surface area contributed by atoms with Crippen LogP contribution in [-0.2, 0) is 16.1 Å². The first-order valence-electron chi connectivity index (χ1n) is 6.14. The molecule has 1 fully saturated rings. The van der Waals surface area contributed by atoms with Crippen LogP contribution in [-0.4, -0.2) is 36.3 Å². The molecule has 1 aromatic rings. The number of nitrogens with zero attached hydrogens (tertiary/aromatic N) is 2. The maximum Gasteiger partial charge on any atom is 0.310 e. The van der Waals surface area contributed by atoms with Crippen LogP contribution in [0.3, 0.4) is 0 Å². The summed E-state index contributed by atoms with van der Waals surface area (Å²) in [5.41, 5.74) is 0.646. The summed E-state index contributed by atoms with van der Waals surface area (Å²) in [6, 6.07) is 5.56. The van der Waals surface area contributed by atoms with Crippen molar-refractivity contribution in [1.29, 1.82) is 0 Å². The molecule has 1 unspecified atom stereocenters. The Bertz CT molecular complexity index is 422. The van der Waals surface area contributed by atoms with E-state index in [1.54, 1.807) is 6.07 Å². The van der Waals surface area contributed by atoms with Crippen molar-refractivity contribution in [2.75, 3.05) is 25.1 Å². The van der Waals surface area contributed by atoms with E-state index in [4.69, 9.17) is 9.84 Å². The molecule has 98 valence electrons. The number of aromatic nitrogens is 1. The lowest BCUT2D eigenvalue weighted by molar-refractivity contribution is -0.145. The lowest BCUT2D eigenvalue weighted by Crippen LogP contribution is -2.39. The Morgan fingerprint density at radius 3 is 3.17 bits per heavy atom. The largest absolute Gasteiger partial charge is 0.469 e. The molecule has 2 rings (SSSR count). The summed E-state index contributed by atoms with van der Waals surface area (Å²) in [5.74, 6) is 0.580. The number of hydrogen-bond donors (Lipinski definition) is 1. The van der Waals surface area contributed by atoms with Gasteiger partial charge in [0, 0.05) is 13.1 Å². The van der Waals surface area contributed by atoms with E-state index >= 15 is 0 Å². The van der Waals surface area contributed by atoms with Gasteiger partial charge in [0.15, 0.2) is 0 Å². The first-order valence-corrected chi connectivity index (χ1v) is 6.14. The van der Waals surface area contributed by atoms with Crippen LogP contribution < -0.4 is 4.90 Å². The average Bonchev–Trinajstić information content (AvgIpc) is 2.46. The number of rotatable bonds is 3. The normalized spacial score (nSPS) is 19.7. The summed E-state index contributed by atoms with van der Waals surface area (Å²) in [5, 5.41) is 9.08. The van der Waals surface area contributed by atoms with Gasteiger partial charge in [-0.15, -0.1) is 0 Å². The highest BCUT2D eigenvalue weighted by Crippen LogP contribution is 2.22. The van der Waals surface area contributed by atoms with Crippen LogP contribution in [0, 0.1) is 5.92 Å². The molecule has 0 aliphatic carbocycles. The third-order valence-corrected chi connectivity index (χ3v) is 3.23. The Balaban J connectivity index is 2.10. The Morgan fingerprint density at radius 1 is 1.61 bits per heavy atom. The minimum Gasteiger partial charge on any atom is -0.469 e. The van der Waals surface area contributed by atoms with Gasteiger partial charge in [-0.2, -0.15) is 0 Å². The van der Waals surface area contributed by atoms with Crippen LogP contribution in [0.2, 0.25) is 0 Å². The van der Waals surface area contributed by atoms with E-state index in [0.29, 0.717) is 12.2 Å². The monoisotopic (exact) mass is 250 g/mol. The molecular weight excluding hydrogens is 232 g/mol. The SMILES string of the molecule is COC(=O)C1CCCN(c2cccc(CO)n2)C1. The Labute approximate surface area is 106 Å². The van der Waals surface area contributed by atoms with Crippen molar-refractivity contribution in [3.8, 4) is 0 Å². The number of hydrogen-bond acceptors (Lipinski definition) is 5. The molecule has 0 aromatic carbocycles. The predicted molar refractivity (Wildman–Crippen MR) is 67.1 cm³/mol. The van der Waals surface area contributed by atoms with Crippen LogP contribution in [0.5, 0.6) is 0 Å². The second-order valence-corrected chi connectivity index (χ2v) is 4.45. The Hall–Kier alpha value is -1.62. The summed E-state index contributed by atoms with van der Waals surface area (Å²) in [7, 11) is 1.42. The van der Waals surface area contributed by atoms with Crippen LogP contribution in [0.15, 0.2) is 18.2 Å². The molecule has 1 saturated heterocycles. The first kappa shape index (κ1) is 12.8. The van der Waals surface area contributed by atoms with Crippen LogP contribution in [0.4, 0.5) is 5.82 Å². The van der Waals surface area contributed by atoms with Gasteiger partial charge in [0.1, 0.15) is 5.82 Å². The van der Waals surface area contributed by atoms with E-state index in [9.17, 15) is 4.79 Å². The molecule has 5 nitrogen and oxygen atoms in total. The van der Waals surface area contributed by atoms with E-state index in [-0.39, 0.29) is 18.5 Å². The van der Waals surface area contributed by atoms with Gasteiger partial charge < -0.3 is 14.7 Å². The van der Waals surface area contributed by atoms with Crippen molar-refractivity contribution < 1.29 is 14.6 Å². The van der Waals surface area contributed by atoms with E-state index < -0.39 is 0 Å². The molecule has 0 radical (unpaired) electrons. The number of anilines is 1. The molecule has 0 amide bonds.